The second kappa shape index (κ2) is 9.83. The first-order valence-electron chi connectivity index (χ1n) is 16.9. The first-order chi connectivity index (χ1) is 23.3. The van der Waals surface area contributed by atoms with Crippen LogP contribution >= 0.6 is 0 Å². The van der Waals surface area contributed by atoms with Crippen molar-refractivity contribution in [1.82, 2.24) is 0 Å². The van der Waals surface area contributed by atoms with Gasteiger partial charge in [-0.2, -0.15) is 0 Å². The molecule has 2 heteroatoms. The average molecular weight is 681 g/mol. The number of rotatable bonds is 3. The molecule has 7 aromatic carbocycles. The van der Waals surface area contributed by atoms with Crippen molar-refractivity contribution in [3.05, 3.63) is 162 Å². The number of nitrogens with zero attached hydrogens (tertiary/aromatic N) is 1. The van der Waals surface area contributed by atoms with Gasteiger partial charge in [0.1, 0.15) is 0 Å². The van der Waals surface area contributed by atoms with Crippen LogP contribution in [0.3, 0.4) is 0 Å². The van der Waals surface area contributed by atoms with Gasteiger partial charge in [-0.1, -0.05) is 24.3 Å². The Kier molecular flexibility index (Phi) is 5.77. The molecule has 0 unspecified atom stereocenters. The Morgan fingerprint density at radius 2 is 0.917 bits per heavy atom. The molecule has 1 aromatic heterocycles. The van der Waals surface area contributed by atoms with Crippen LogP contribution in [0.25, 0.3) is 52.3 Å². The van der Waals surface area contributed by atoms with E-state index in [1.807, 2.05) is 0 Å². The van der Waals surface area contributed by atoms with E-state index in [4.69, 9.17) is 0 Å². The van der Waals surface area contributed by atoms with Crippen LogP contribution in [0, 0.1) is 0 Å². The number of hydrogen-bond donors (Lipinski definition) is 0. The minimum absolute atomic E-state index is 0.0732. The molecule has 0 amide bonds. The molecule has 1 heterocycles. The SMILES string of the molecule is CC1(C)c2ccccc2-c2ccc(N(c3ccc4c(c3)C(C)(C)c3ccccc3-4)c3ccc4c(ccc5c6ccccc6[se]c45)c3)cc21. The van der Waals surface area contributed by atoms with Crippen molar-refractivity contribution >= 4 is 61.6 Å². The summed E-state index contributed by atoms with van der Waals surface area (Å²) < 4.78 is 3.00. The summed E-state index contributed by atoms with van der Waals surface area (Å²) in [6.45, 7) is 9.49. The zero-order chi connectivity index (χ0) is 32.4. The maximum atomic E-state index is 2.49. The molecule has 48 heavy (non-hydrogen) atoms. The van der Waals surface area contributed by atoms with E-state index in [1.165, 1.54) is 91.6 Å². The van der Waals surface area contributed by atoms with Crippen LogP contribution in [0.1, 0.15) is 49.9 Å². The van der Waals surface area contributed by atoms with Gasteiger partial charge in [0.2, 0.25) is 0 Å². The fourth-order valence-corrected chi connectivity index (χ4v) is 11.3. The topological polar surface area (TPSA) is 3.24 Å². The summed E-state index contributed by atoms with van der Waals surface area (Å²) in [5.41, 5.74) is 14.4. The molecule has 0 fully saturated rings. The molecule has 0 atom stereocenters. The van der Waals surface area contributed by atoms with E-state index < -0.39 is 0 Å². The van der Waals surface area contributed by atoms with Gasteiger partial charge < -0.3 is 0 Å². The fourth-order valence-electron chi connectivity index (χ4n) is 8.75. The molecule has 230 valence electrons. The Morgan fingerprint density at radius 1 is 0.417 bits per heavy atom. The predicted octanol–water partition coefficient (Wildman–Crippen LogP) is 12.3. The van der Waals surface area contributed by atoms with Crippen LogP contribution in [-0.2, 0) is 10.8 Å². The zero-order valence-corrected chi connectivity index (χ0v) is 29.3. The molecular formula is C46H35NSe. The third kappa shape index (κ3) is 3.79. The number of benzene rings is 7. The van der Waals surface area contributed by atoms with Crippen molar-refractivity contribution in [2.24, 2.45) is 0 Å². The van der Waals surface area contributed by atoms with Gasteiger partial charge in [-0.3, -0.25) is 0 Å². The number of anilines is 3. The van der Waals surface area contributed by atoms with Crippen molar-refractivity contribution < 1.29 is 0 Å². The van der Waals surface area contributed by atoms with E-state index in [1.54, 1.807) is 0 Å². The second-order valence-corrected chi connectivity index (χ2v) is 16.8. The van der Waals surface area contributed by atoms with Crippen LogP contribution < -0.4 is 4.90 Å². The molecule has 2 aliphatic rings. The van der Waals surface area contributed by atoms with Gasteiger partial charge in [0, 0.05) is 0 Å². The maximum absolute atomic E-state index is 2.49. The minimum atomic E-state index is -0.0732. The first kappa shape index (κ1) is 28.2. The molecule has 0 saturated heterocycles. The second-order valence-electron chi connectivity index (χ2n) is 14.6. The molecule has 8 aromatic rings. The third-order valence-electron chi connectivity index (χ3n) is 11.3. The van der Waals surface area contributed by atoms with Crippen molar-refractivity contribution in [3.63, 3.8) is 0 Å². The third-order valence-corrected chi connectivity index (χ3v) is 13.8. The summed E-state index contributed by atoms with van der Waals surface area (Å²) in [6, 6.07) is 52.9. The first-order valence-corrected chi connectivity index (χ1v) is 18.6. The van der Waals surface area contributed by atoms with Crippen LogP contribution in [-0.4, -0.2) is 14.5 Å². The molecule has 10 rings (SSSR count). The Morgan fingerprint density at radius 3 is 1.56 bits per heavy atom. The summed E-state index contributed by atoms with van der Waals surface area (Å²) >= 11 is 0.313. The molecule has 1 nitrogen and oxygen atoms in total. The number of hydrogen-bond acceptors (Lipinski definition) is 1. The summed E-state index contributed by atoms with van der Waals surface area (Å²) in [6.07, 6.45) is 0. The van der Waals surface area contributed by atoms with Crippen LogP contribution in [0.2, 0.25) is 0 Å². The predicted molar refractivity (Wildman–Crippen MR) is 206 cm³/mol. The van der Waals surface area contributed by atoms with Gasteiger partial charge in [0.25, 0.3) is 0 Å². The quantitative estimate of drug-likeness (QED) is 0.168. The summed E-state index contributed by atoms with van der Waals surface area (Å²) in [5.74, 6) is 0. The van der Waals surface area contributed by atoms with Crippen LogP contribution in [0.4, 0.5) is 17.1 Å². The molecular weight excluding hydrogens is 645 g/mol. The van der Waals surface area contributed by atoms with Gasteiger partial charge >= 0.3 is 265 Å². The Labute approximate surface area is 287 Å². The van der Waals surface area contributed by atoms with Crippen LogP contribution in [0.5, 0.6) is 0 Å². The molecule has 0 spiro atoms. The van der Waals surface area contributed by atoms with Gasteiger partial charge in [-0.25, -0.2) is 0 Å². The monoisotopic (exact) mass is 681 g/mol. The Hall–Kier alpha value is -4.88. The Bertz CT molecular complexity index is 2530. The van der Waals surface area contributed by atoms with E-state index in [0.717, 1.165) is 0 Å². The van der Waals surface area contributed by atoms with Crippen molar-refractivity contribution in [3.8, 4) is 22.3 Å². The van der Waals surface area contributed by atoms with E-state index >= 15 is 0 Å². The van der Waals surface area contributed by atoms with Gasteiger partial charge in [-0.15, -0.1) is 0 Å². The van der Waals surface area contributed by atoms with Gasteiger partial charge in [-0.05, 0) is 0 Å². The molecule has 0 aliphatic heterocycles. The normalized spacial score (nSPS) is 15.0. The van der Waals surface area contributed by atoms with E-state index in [0.29, 0.717) is 14.5 Å². The summed E-state index contributed by atoms with van der Waals surface area (Å²) in [7, 11) is 0. The zero-order valence-electron chi connectivity index (χ0n) is 27.6. The average Bonchev–Trinajstić information content (AvgIpc) is 3.68. The van der Waals surface area contributed by atoms with Crippen LogP contribution in [0.15, 0.2) is 140 Å². The summed E-state index contributed by atoms with van der Waals surface area (Å²) in [5, 5.41) is 5.49. The molecule has 0 bridgehead atoms. The Balaban J connectivity index is 1.19. The fraction of sp³-hybridized carbons (Fsp3) is 0.130. The molecule has 0 N–H and O–H groups in total. The van der Waals surface area contributed by atoms with Gasteiger partial charge in [0.15, 0.2) is 0 Å². The van der Waals surface area contributed by atoms with Crippen molar-refractivity contribution in [2.75, 3.05) is 4.90 Å². The standard InChI is InChI=1S/C46H35NSe/c1-45(2)39-14-8-5-11-33(39)35-23-19-30(26-41(35)45)47(31-20-24-36-34-12-6-9-15-40(34)46(3,4)42(36)27-31)29-18-22-32-28(25-29)17-21-38-37-13-7-10-16-43(37)48-44(32)38/h5-27H,1-4H3. The van der Waals surface area contributed by atoms with E-state index in [9.17, 15) is 0 Å². The van der Waals surface area contributed by atoms with E-state index in [-0.39, 0.29) is 10.8 Å². The van der Waals surface area contributed by atoms with Crippen molar-refractivity contribution in [1.29, 1.82) is 0 Å². The molecule has 0 radical (unpaired) electrons. The van der Waals surface area contributed by atoms with Crippen molar-refractivity contribution in [2.45, 2.75) is 38.5 Å². The number of fused-ring (bicyclic) bond motifs is 11. The summed E-state index contributed by atoms with van der Waals surface area (Å²) in [4.78, 5) is 2.49. The van der Waals surface area contributed by atoms with E-state index in [2.05, 4.69) is 172 Å². The molecule has 0 saturated carbocycles. The molecule has 2 aliphatic carbocycles. The van der Waals surface area contributed by atoms with Gasteiger partial charge in [0.05, 0.1) is 0 Å².